The second kappa shape index (κ2) is 9.93. The minimum absolute atomic E-state index is 0.535. The van der Waals surface area contributed by atoms with E-state index in [4.69, 9.17) is 14.2 Å². The average molecular weight is 396 g/mol. The lowest BCUT2D eigenvalue weighted by molar-refractivity contribution is -0.143. The van der Waals surface area contributed by atoms with E-state index < -0.39 is 24.5 Å². The number of esters is 1. The Morgan fingerprint density at radius 1 is 1.00 bits per heavy atom. The molecule has 0 spiro atoms. The Kier molecular flexibility index (Phi) is 6.83. The normalized spacial score (nSPS) is 12.7. The highest BCUT2D eigenvalue weighted by Gasteiger charge is 2.11. The predicted octanol–water partition coefficient (Wildman–Crippen LogP) is 2.75. The van der Waals surface area contributed by atoms with E-state index in [2.05, 4.69) is 10.6 Å². The van der Waals surface area contributed by atoms with Gasteiger partial charge in [0.1, 0.15) is 0 Å². The van der Waals surface area contributed by atoms with E-state index in [1.807, 2.05) is 0 Å². The van der Waals surface area contributed by atoms with Crippen molar-refractivity contribution in [2.45, 2.75) is 6.42 Å². The predicted molar refractivity (Wildman–Crippen MR) is 106 cm³/mol. The molecule has 8 heteroatoms. The molecule has 3 amide bonds. The van der Waals surface area contributed by atoms with Gasteiger partial charge in [0.15, 0.2) is 18.1 Å². The number of hydrogen-bond donors (Lipinski definition) is 2. The number of carbonyl (C=O) groups is 3. The SMILES string of the molecule is O=C(COC(=O)/C=C/c1ccc2c(c1)OCCCO2)NC(=O)Nc1ccccc1. The zero-order valence-electron chi connectivity index (χ0n) is 15.6. The van der Waals surface area contributed by atoms with E-state index in [9.17, 15) is 14.4 Å². The number of rotatable bonds is 5. The van der Waals surface area contributed by atoms with Crippen LogP contribution in [-0.4, -0.2) is 37.7 Å². The van der Waals surface area contributed by atoms with Crippen LogP contribution in [0.5, 0.6) is 11.5 Å². The highest BCUT2D eigenvalue weighted by molar-refractivity contribution is 6.02. The maximum Gasteiger partial charge on any atom is 0.331 e. The standard InChI is InChI=1S/C21H20N2O6/c24-19(23-21(26)22-16-5-2-1-3-6-16)14-29-20(25)10-8-15-7-9-17-18(13-15)28-12-4-11-27-17/h1-3,5-10,13H,4,11-12,14H2,(H2,22,23,24,26)/b10-8+. The lowest BCUT2D eigenvalue weighted by Gasteiger charge is -2.07. The van der Waals surface area contributed by atoms with E-state index in [1.165, 1.54) is 12.2 Å². The summed E-state index contributed by atoms with van der Waals surface area (Å²) in [6, 6.07) is 13.2. The van der Waals surface area contributed by atoms with Crippen molar-refractivity contribution in [1.82, 2.24) is 5.32 Å². The maximum absolute atomic E-state index is 11.8. The number of amides is 3. The van der Waals surface area contributed by atoms with Crippen LogP contribution in [0.25, 0.3) is 6.08 Å². The summed E-state index contributed by atoms with van der Waals surface area (Å²) in [5, 5.41) is 4.57. The molecule has 0 aromatic heterocycles. The molecule has 8 nitrogen and oxygen atoms in total. The summed E-state index contributed by atoms with van der Waals surface area (Å²) >= 11 is 0. The number of imide groups is 1. The summed E-state index contributed by atoms with van der Waals surface area (Å²) in [6.07, 6.45) is 3.53. The van der Waals surface area contributed by atoms with Crippen LogP contribution in [0.1, 0.15) is 12.0 Å². The Morgan fingerprint density at radius 2 is 1.76 bits per heavy atom. The van der Waals surface area contributed by atoms with Gasteiger partial charge in [-0.2, -0.15) is 0 Å². The molecule has 150 valence electrons. The number of nitrogens with one attached hydrogen (secondary N) is 2. The largest absolute Gasteiger partial charge is 0.490 e. The third-order valence-electron chi connectivity index (χ3n) is 3.81. The molecule has 1 aliphatic heterocycles. The molecule has 2 N–H and O–H groups in total. The van der Waals surface area contributed by atoms with E-state index >= 15 is 0 Å². The Bertz CT molecular complexity index is 911. The monoisotopic (exact) mass is 396 g/mol. The highest BCUT2D eigenvalue weighted by atomic mass is 16.5. The molecule has 0 saturated carbocycles. The molecule has 29 heavy (non-hydrogen) atoms. The fraction of sp³-hybridized carbons (Fsp3) is 0.190. The maximum atomic E-state index is 11.8. The van der Waals surface area contributed by atoms with Gasteiger partial charge < -0.3 is 19.5 Å². The Balaban J connectivity index is 1.44. The lowest BCUT2D eigenvalue weighted by atomic mass is 10.2. The number of benzene rings is 2. The van der Waals surface area contributed by atoms with Crippen LogP contribution in [-0.2, 0) is 14.3 Å². The van der Waals surface area contributed by atoms with Gasteiger partial charge in [0.05, 0.1) is 13.2 Å². The molecule has 0 atom stereocenters. The molecule has 0 unspecified atom stereocenters. The van der Waals surface area contributed by atoms with E-state index in [0.717, 1.165) is 12.0 Å². The number of ether oxygens (including phenoxy) is 3. The Morgan fingerprint density at radius 3 is 2.55 bits per heavy atom. The molecule has 2 aromatic carbocycles. The molecule has 2 aromatic rings. The Labute approximate surface area is 167 Å². The zero-order valence-corrected chi connectivity index (χ0v) is 15.6. The first-order valence-electron chi connectivity index (χ1n) is 9.00. The molecule has 0 bridgehead atoms. The van der Waals surface area contributed by atoms with Crippen LogP contribution in [0, 0.1) is 0 Å². The number of carbonyl (C=O) groups excluding carboxylic acids is 3. The van der Waals surface area contributed by atoms with Crippen LogP contribution in [0.2, 0.25) is 0 Å². The third-order valence-corrected chi connectivity index (χ3v) is 3.81. The van der Waals surface area contributed by atoms with Crippen molar-refractivity contribution in [3.05, 3.63) is 60.2 Å². The summed E-state index contributed by atoms with van der Waals surface area (Å²) in [5.41, 5.74) is 1.26. The summed E-state index contributed by atoms with van der Waals surface area (Å²) in [7, 11) is 0. The van der Waals surface area contributed by atoms with Crippen molar-refractivity contribution in [3.8, 4) is 11.5 Å². The van der Waals surface area contributed by atoms with E-state index in [-0.39, 0.29) is 0 Å². The lowest BCUT2D eigenvalue weighted by Crippen LogP contribution is -2.37. The molecule has 0 saturated heterocycles. The van der Waals surface area contributed by atoms with Crippen molar-refractivity contribution in [1.29, 1.82) is 0 Å². The first-order valence-corrected chi connectivity index (χ1v) is 9.00. The van der Waals surface area contributed by atoms with Gasteiger partial charge in [-0.05, 0) is 35.9 Å². The van der Waals surface area contributed by atoms with E-state index in [0.29, 0.717) is 30.4 Å². The molecule has 1 aliphatic rings. The van der Waals surface area contributed by atoms with Crippen LogP contribution < -0.4 is 20.1 Å². The molecule has 0 radical (unpaired) electrons. The van der Waals surface area contributed by atoms with E-state index in [1.54, 1.807) is 48.5 Å². The van der Waals surface area contributed by atoms with Gasteiger partial charge in [-0.3, -0.25) is 10.1 Å². The van der Waals surface area contributed by atoms with Crippen LogP contribution in [0.4, 0.5) is 10.5 Å². The van der Waals surface area contributed by atoms with Crippen molar-refractivity contribution in [2.75, 3.05) is 25.1 Å². The number of para-hydroxylation sites is 1. The van der Waals surface area contributed by atoms with Crippen LogP contribution in [0.15, 0.2) is 54.6 Å². The van der Waals surface area contributed by atoms with Crippen LogP contribution in [0.3, 0.4) is 0 Å². The summed E-state index contributed by atoms with van der Waals surface area (Å²) in [5.74, 6) is -0.180. The third kappa shape index (κ3) is 6.39. The van der Waals surface area contributed by atoms with Crippen molar-refractivity contribution in [2.24, 2.45) is 0 Å². The summed E-state index contributed by atoms with van der Waals surface area (Å²) in [6.45, 7) is 0.585. The number of urea groups is 1. The second-order valence-electron chi connectivity index (χ2n) is 6.07. The van der Waals surface area contributed by atoms with Gasteiger partial charge in [0, 0.05) is 18.2 Å². The fourth-order valence-corrected chi connectivity index (χ4v) is 2.48. The van der Waals surface area contributed by atoms with Gasteiger partial charge >= 0.3 is 12.0 Å². The molecular weight excluding hydrogens is 376 g/mol. The number of anilines is 1. The molecule has 1 heterocycles. The Hall–Kier alpha value is -3.81. The first-order chi connectivity index (χ1) is 14.1. The highest BCUT2D eigenvalue weighted by Crippen LogP contribution is 2.30. The molecule has 0 fully saturated rings. The number of fused-ring (bicyclic) bond motifs is 1. The average Bonchev–Trinajstić information content (AvgIpc) is 2.96. The fourth-order valence-electron chi connectivity index (χ4n) is 2.48. The van der Waals surface area contributed by atoms with Gasteiger partial charge in [0.2, 0.25) is 0 Å². The smallest absolute Gasteiger partial charge is 0.331 e. The van der Waals surface area contributed by atoms with Gasteiger partial charge in [0.25, 0.3) is 5.91 Å². The molecular formula is C21H20N2O6. The molecule has 0 aliphatic carbocycles. The quantitative estimate of drug-likeness (QED) is 0.595. The second-order valence-corrected chi connectivity index (χ2v) is 6.07. The minimum Gasteiger partial charge on any atom is -0.490 e. The van der Waals surface area contributed by atoms with Crippen molar-refractivity contribution >= 4 is 29.7 Å². The van der Waals surface area contributed by atoms with Crippen molar-refractivity contribution in [3.63, 3.8) is 0 Å². The van der Waals surface area contributed by atoms with Crippen molar-refractivity contribution < 1.29 is 28.6 Å². The summed E-state index contributed by atoms with van der Waals surface area (Å²) in [4.78, 5) is 35.2. The first kappa shape index (κ1) is 19.9. The summed E-state index contributed by atoms with van der Waals surface area (Å²) < 4.78 is 16.0. The minimum atomic E-state index is -0.740. The van der Waals surface area contributed by atoms with Gasteiger partial charge in [-0.1, -0.05) is 24.3 Å². The molecule has 3 rings (SSSR count). The van der Waals surface area contributed by atoms with Crippen LogP contribution >= 0.6 is 0 Å². The zero-order chi connectivity index (χ0) is 20.5. The van der Waals surface area contributed by atoms with Gasteiger partial charge in [-0.25, -0.2) is 9.59 Å². The van der Waals surface area contributed by atoms with Gasteiger partial charge in [-0.15, -0.1) is 0 Å². The number of hydrogen-bond acceptors (Lipinski definition) is 6. The topological polar surface area (TPSA) is 103 Å².